The topological polar surface area (TPSA) is 62.8 Å². The summed E-state index contributed by atoms with van der Waals surface area (Å²) in [6, 6.07) is 9.94. The normalized spacial score (nSPS) is 16.0. The van der Waals surface area contributed by atoms with Crippen LogP contribution in [-0.4, -0.2) is 34.1 Å². The molecule has 3 heterocycles. The molecule has 1 fully saturated rings. The maximum Gasteiger partial charge on any atom is 0.140 e. The molecule has 5 heteroatoms. The summed E-state index contributed by atoms with van der Waals surface area (Å²) in [6.07, 6.45) is 5.99. The van der Waals surface area contributed by atoms with Crippen molar-refractivity contribution < 1.29 is 4.74 Å². The van der Waals surface area contributed by atoms with Crippen molar-refractivity contribution in [3.8, 4) is 17.1 Å². The SMILES string of the molecule is c1cncc(-c2nc3ccc(OC4CCNCC4)cc3[nH]2)c1. The average molecular weight is 294 g/mol. The first kappa shape index (κ1) is 13.3. The van der Waals surface area contributed by atoms with Gasteiger partial charge in [0.05, 0.1) is 11.0 Å². The lowest BCUT2D eigenvalue weighted by Gasteiger charge is -2.23. The number of aromatic amines is 1. The van der Waals surface area contributed by atoms with Crippen LogP contribution in [0.5, 0.6) is 5.75 Å². The molecule has 0 unspecified atom stereocenters. The number of rotatable bonds is 3. The van der Waals surface area contributed by atoms with Gasteiger partial charge >= 0.3 is 0 Å². The zero-order chi connectivity index (χ0) is 14.8. The number of nitrogens with zero attached hydrogens (tertiary/aromatic N) is 2. The highest BCUT2D eigenvalue weighted by Gasteiger charge is 2.15. The molecule has 0 amide bonds. The Labute approximate surface area is 128 Å². The quantitative estimate of drug-likeness (QED) is 0.779. The Morgan fingerprint density at radius 2 is 2.05 bits per heavy atom. The molecule has 2 aromatic heterocycles. The molecule has 0 atom stereocenters. The second-order valence-electron chi connectivity index (χ2n) is 5.57. The molecular formula is C17H18N4O. The lowest BCUT2D eigenvalue weighted by atomic mass is 10.1. The lowest BCUT2D eigenvalue weighted by molar-refractivity contribution is 0.162. The van der Waals surface area contributed by atoms with Crippen LogP contribution in [0, 0.1) is 0 Å². The Morgan fingerprint density at radius 3 is 2.86 bits per heavy atom. The van der Waals surface area contributed by atoms with Crippen molar-refractivity contribution in [1.82, 2.24) is 20.3 Å². The van der Waals surface area contributed by atoms with Gasteiger partial charge in [-0.2, -0.15) is 0 Å². The number of hydrogen-bond acceptors (Lipinski definition) is 4. The lowest BCUT2D eigenvalue weighted by Crippen LogP contribution is -2.34. The number of nitrogens with one attached hydrogen (secondary N) is 2. The molecule has 1 aliphatic rings. The van der Waals surface area contributed by atoms with E-state index in [0.29, 0.717) is 6.10 Å². The molecule has 0 saturated carbocycles. The maximum atomic E-state index is 6.08. The molecule has 3 aromatic rings. The van der Waals surface area contributed by atoms with E-state index in [-0.39, 0.29) is 0 Å². The van der Waals surface area contributed by atoms with Gasteiger partial charge < -0.3 is 15.0 Å². The fraction of sp³-hybridized carbons (Fsp3) is 0.294. The van der Waals surface area contributed by atoms with Crippen LogP contribution >= 0.6 is 0 Å². The highest BCUT2D eigenvalue weighted by atomic mass is 16.5. The number of fused-ring (bicyclic) bond motifs is 1. The Balaban J connectivity index is 1.60. The molecule has 1 aromatic carbocycles. The van der Waals surface area contributed by atoms with Crippen LogP contribution in [0.15, 0.2) is 42.7 Å². The summed E-state index contributed by atoms with van der Waals surface area (Å²) in [7, 11) is 0. The standard InChI is InChI=1S/C17H18N4O/c1-2-12(11-19-7-1)17-20-15-4-3-14(10-16(15)21-17)22-13-5-8-18-9-6-13/h1-4,7,10-11,13,18H,5-6,8-9H2,(H,20,21). The molecule has 0 radical (unpaired) electrons. The van der Waals surface area contributed by atoms with E-state index in [4.69, 9.17) is 4.74 Å². The molecule has 0 aliphatic carbocycles. The van der Waals surface area contributed by atoms with Crippen molar-refractivity contribution in [2.45, 2.75) is 18.9 Å². The number of ether oxygens (including phenoxy) is 1. The number of H-pyrrole nitrogens is 1. The largest absolute Gasteiger partial charge is 0.490 e. The molecule has 112 valence electrons. The fourth-order valence-corrected chi connectivity index (χ4v) is 2.81. The third-order valence-electron chi connectivity index (χ3n) is 3.98. The van der Waals surface area contributed by atoms with Crippen LogP contribution in [-0.2, 0) is 0 Å². The highest BCUT2D eigenvalue weighted by Crippen LogP contribution is 2.24. The van der Waals surface area contributed by atoms with Crippen LogP contribution in [0.2, 0.25) is 0 Å². The van der Waals surface area contributed by atoms with Crippen LogP contribution in [0.3, 0.4) is 0 Å². The molecule has 0 spiro atoms. The minimum atomic E-state index is 0.305. The van der Waals surface area contributed by atoms with E-state index in [1.54, 1.807) is 6.20 Å². The molecule has 4 rings (SSSR count). The predicted octanol–water partition coefficient (Wildman–Crippen LogP) is 2.76. The Morgan fingerprint density at radius 1 is 1.14 bits per heavy atom. The van der Waals surface area contributed by atoms with Crippen molar-refractivity contribution in [1.29, 1.82) is 0 Å². The molecule has 5 nitrogen and oxygen atoms in total. The van der Waals surface area contributed by atoms with Gasteiger partial charge in [-0.15, -0.1) is 0 Å². The first-order chi connectivity index (χ1) is 10.9. The van der Waals surface area contributed by atoms with Crippen molar-refractivity contribution in [2.24, 2.45) is 0 Å². The fourth-order valence-electron chi connectivity index (χ4n) is 2.81. The number of aromatic nitrogens is 3. The number of pyridine rings is 1. The van der Waals surface area contributed by atoms with E-state index in [1.165, 1.54) is 0 Å². The van der Waals surface area contributed by atoms with Gasteiger partial charge in [-0.3, -0.25) is 4.98 Å². The van der Waals surface area contributed by atoms with E-state index in [0.717, 1.165) is 54.1 Å². The third kappa shape index (κ3) is 2.67. The second-order valence-corrected chi connectivity index (χ2v) is 5.57. The third-order valence-corrected chi connectivity index (χ3v) is 3.98. The van der Waals surface area contributed by atoms with Crippen molar-refractivity contribution in [3.63, 3.8) is 0 Å². The number of hydrogen-bond donors (Lipinski definition) is 2. The van der Waals surface area contributed by atoms with E-state index >= 15 is 0 Å². The smallest absolute Gasteiger partial charge is 0.140 e. The maximum absolute atomic E-state index is 6.08. The van der Waals surface area contributed by atoms with Gasteiger partial charge in [0, 0.05) is 24.0 Å². The Hall–Kier alpha value is -2.40. The molecule has 1 aliphatic heterocycles. The van der Waals surface area contributed by atoms with E-state index in [9.17, 15) is 0 Å². The molecule has 1 saturated heterocycles. The minimum absolute atomic E-state index is 0.305. The van der Waals surface area contributed by atoms with Gasteiger partial charge in [0.2, 0.25) is 0 Å². The Bertz CT molecular complexity index is 763. The second kappa shape index (κ2) is 5.77. The summed E-state index contributed by atoms with van der Waals surface area (Å²) in [5.41, 5.74) is 2.92. The summed E-state index contributed by atoms with van der Waals surface area (Å²) >= 11 is 0. The predicted molar refractivity (Wildman–Crippen MR) is 85.8 cm³/mol. The van der Waals surface area contributed by atoms with Crippen molar-refractivity contribution >= 4 is 11.0 Å². The monoisotopic (exact) mass is 294 g/mol. The minimum Gasteiger partial charge on any atom is -0.490 e. The summed E-state index contributed by atoms with van der Waals surface area (Å²) in [5, 5.41) is 3.35. The van der Waals surface area contributed by atoms with Crippen molar-refractivity contribution in [2.75, 3.05) is 13.1 Å². The number of piperidine rings is 1. The van der Waals surface area contributed by atoms with Crippen LogP contribution in [0.25, 0.3) is 22.4 Å². The average Bonchev–Trinajstić information content (AvgIpc) is 3.00. The first-order valence-corrected chi connectivity index (χ1v) is 7.66. The summed E-state index contributed by atoms with van der Waals surface area (Å²) < 4.78 is 6.08. The molecular weight excluding hydrogens is 276 g/mol. The van der Waals surface area contributed by atoms with Gasteiger partial charge in [-0.25, -0.2) is 4.98 Å². The molecule has 22 heavy (non-hydrogen) atoms. The van der Waals surface area contributed by atoms with E-state index < -0.39 is 0 Å². The number of imidazole rings is 1. The van der Waals surface area contributed by atoms with Gasteiger partial charge in [0.15, 0.2) is 0 Å². The molecule has 0 bridgehead atoms. The zero-order valence-corrected chi connectivity index (χ0v) is 12.2. The van der Waals surface area contributed by atoms with E-state index in [1.807, 2.05) is 36.5 Å². The van der Waals surface area contributed by atoms with Crippen LogP contribution in [0.4, 0.5) is 0 Å². The summed E-state index contributed by atoms with van der Waals surface area (Å²) in [4.78, 5) is 12.1. The Kier molecular flexibility index (Phi) is 3.48. The van der Waals surface area contributed by atoms with Crippen LogP contribution in [0.1, 0.15) is 12.8 Å². The molecule has 2 N–H and O–H groups in total. The van der Waals surface area contributed by atoms with Gasteiger partial charge in [0.25, 0.3) is 0 Å². The van der Waals surface area contributed by atoms with Gasteiger partial charge in [-0.05, 0) is 50.2 Å². The highest BCUT2D eigenvalue weighted by molar-refractivity contribution is 5.80. The van der Waals surface area contributed by atoms with E-state index in [2.05, 4.69) is 20.3 Å². The van der Waals surface area contributed by atoms with Crippen molar-refractivity contribution in [3.05, 3.63) is 42.7 Å². The summed E-state index contributed by atoms with van der Waals surface area (Å²) in [5.74, 6) is 1.74. The zero-order valence-electron chi connectivity index (χ0n) is 12.2. The first-order valence-electron chi connectivity index (χ1n) is 7.66. The summed E-state index contributed by atoms with van der Waals surface area (Å²) in [6.45, 7) is 2.06. The van der Waals surface area contributed by atoms with Crippen LogP contribution < -0.4 is 10.1 Å². The van der Waals surface area contributed by atoms with Gasteiger partial charge in [0.1, 0.15) is 17.7 Å². The number of benzene rings is 1. The van der Waals surface area contributed by atoms with Gasteiger partial charge in [-0.1, -0.05) is 0 Å².